The molecule has 7 heteroatoms. The first kappa shape index (κ1) is 21.8. The summed E-state index contributed by atoms with van der Waals surface area (Å²) in [5, 5.41) is 3.72. The third-order valence-corrected chi connectivity index (χ3v) is 6.32. The van der Waals surface area contributed by atoms with E-state index in [-0.39, 0.29) is 11.7 Å². The summed E-state index contributed by atoms with van der Waals surface area (Å²) in [6.45, 7) is 3.62. The van der Waals surface area contributed by atoms with Crippen molar-refractivity contribution in [1.29, 1.82) is 0 Å². The molecule has 0 radical (unpaired) electrons. The topological polar surface area (TPSA) is 91.3 Å². The lowest BCUT2D eigenvalue weighted by molar-refractivity contribution is 0.130. The number of carbonyl (C=O) groups excluding carboxylic acids is 1. The molecular formula is C27H28N4O3. The van der Waals surface area contributed by atoms with Gasteiger partial charge in [0.25, 0.3) is 5.56 Å². The largest absolute Gasteiger partial charge is 0.447 e. The molecule has 34 heavy (non-hydrogen) atoms. The Hall–Kier alpha value is -4.00. The minimum atomic E-state index is -0.477. The highest BCUT2D eigenvalue weighted by molar-refractivity contribution is 6.02. The summed E-state index contributed by atoms with van der Waals surface area (Å²) in [6.07, 6.45) is 4.48. The standard InChI is InChI=1S/C27H28N4O3/c1-17(2)34-27(33)29-19-11-9-18(10-12-19)26-25(28)22-14-13-21(30-15-4-3-8-24(30)32)16-23(22)31(26)20-6-5-7-20/h3-4,8-17,20H,5-7,28H2,1-2H3,(H,29,33). The van der Waals surface area contributed by atoms with Gasteiger partial charge in [0.15, 0.2) is 0 Å². The molecular weight excluding hydrogens is 428 g/mol. The number of hydrogen-bond donors (Lipinski definition) is 2. The summed E-state index contributed by atoms with van der Waals surface area (Å²) in [6, 6.07) is 19.1. The normalized spacial score (nSPS) is 13.7. The van der Waals surface area contributed by atoms with Gasteiger partial charge in [-0.25, -0.2) is 4.79 Å². The van der Waals surface area contributed by atoms with Gasteiger partial charge in [-0.2, -0.15) is 0 Å². The number of fused-ring (bicyclic) bond motifs is 1. The fourth-order valence-electron chi connectivity index (χ4n) is 4.51. The molecule has 3 N–H and O–H groups in total. The first-order chi connectivity index (χ1) is 16.4. The number of rotatable bonds is 5. The highest BCUT2D eigenvalue weighted by atomic mass is 16.6. The van der Waals surface area contributed by atoms with E-state index in [0.717, 1.165) is 40.7 Å². The van der Waals surface area contributed by atoms with Crippen LogP contribution >= 0.6 is 0 Å². The summed E-state index contributed by atoms with van der Waals surface area (Å²) in [4.78, 5) is 24.3. The number of ether oxygens (including phenoxy) is 1. The Morgan fingerprint density at radius 3 is 2.50 bits per heavy atom. The van der Waals surface area contributed by atoms with Crippen LogP contribution in [0.4, 0.5) is 16.2 Å². The van der Waals surface area contributed by atoms with Crippen molar-refractivity contribution in [1.82, 2.24) is 9.13 Å². The Labute approximate surface area is 197 Å². The number of nitrogen functional groups attached to an aromatic ring is 1. The molecule has 1 saturated carbocycles. The molecule has 1 aliphatic carbocycles. The predicted octanol–water partition coefficient (Wildman–Crippen LogP) is 5.72. The Bertz CT molecular complexity index is 1410. The van der Waals surface area contributed by atoms with Crippen LogP contribution in [0.5, 0.6) is 0 Å². The van der Waals surface area contributed by atoms with E-state index in [1.165, 1.54) is 6.42 Å². The Morgan fingerprint density at radius 1 is 1.09 bits per heavy atom. The van der Waals surface area contributed by atoms with Crippen LogP contribution in [0.1, 0.15) is 39.2 Å². The van der Waals surface area contributed by atoms with Gasteiger partial charge >= 0.3 is 6.09 Å². The number of pyridine rings is 1. The quantitative estimate of drug-likeness (QED) is 0.402. The number of anilines is 2. The van der Waals surface area contributed by atoms with Gasteiger partial charge in [-0.05, 0) is 69.5 Å². The van der Waals surface area contributed by atoms with Crippen LogP contribution in [0.15, 0.2) is 71.7 Å². The molecule has 4 aromatic rings. The second kappa shape index (κ2) is 8.74. The van der Waals surface area contributed by atoms with Gasteiger partial charge in [0.2, 0.25) is 0 Å². The number of nitrogens with one attached hydrogen (secondary N) is 1. The summed E-state index contributed by atoms with van der Waals surface area (Å²) < 4.78 is 9.12. The predicted molar refractivity (Wildman–Crippen MR) is 136 cm³/mol. The SMILES string of the molecule is CC(C)OC(=O)Nc1ccc(-c2c(N)c3ccc(-n4ccccc4=O)cc3n2C2CCC2)cc1. The van der Waals surface area contributed by atoms with Crippen LogP contribution in [-0.2, 0) is 4.74 Å². The molecule has 0 aliphatic heterocycles. The van der Waals surface area contributed by atoms with Crippen molar-refractivity contribution < 1.29 is 9.53 Å². The van der Waals surface area contributed by atoms with Crippen molar-refractivity contribution in [3.8, 4) is 16.9 Å². The van der Waals surface area contributed by atoms with Crippen molar-refractivity contribution in [2.75, 3.05) is 11.1 Å². The average Bonchev–Trinajstić information content (AvgIpc) is 3.04. The molecule has 1 aliphatic rings. The molecule has 5 rings (SSSR count). The Balaban J connectivity index is 1.58. The van der Waals surface area contributed by atoms with Crippen molar-refractivity contribution in [2.45, 2.75) is 45.3 Å². The highest BCUT2D eigenvalue weighted by Gasteiger charge is 2.27. The van der Waals surface area contributed by atoms with E-state index in [9.17, 15) is 9.59 Å². The summed E-state index contributed by atoms with van der Waals surface area (Å²) >= 11 is 0. The molecule has 174 valence electrons. The number of benzene rings is 2. The Morgan fingerprint density at radius 2 is 1.85 bits per heavy atom. The summed E-state index contributed by atoms with van der Waals surface area (Å²) in [7, 11) is 0. The maximum Gasteiger partial charge on any atom is 0.411 e. The van der Waals surface area contributed by atoms with Crippen molar-refractivity contribution in [3.05, 3.63) is 77.2 Å². The Kier molecular flexibility index (Phi) is 5.61. The maximum absolute atomic E-state index is 12.4. The zero-order valence-corrected chi connectivity index (χ0v) is 19.3. The fourth-order valence-corrected chi connectivity index (χ4v) is 4.51. The zero-order valence-electron chi connectivity index (χ0n) is 19.3. The number of amides is 1. The minimum absolute atomic E-state index is 0.0733. The van der Waals surface area contributed by atoms with Gasteiger partial charge in [-0.3, -0.25) is 14.7 Å². The first-order valence-electron chi connectivity index (χ1n) is 11.6. The number of nitrogens with two attached hydrogens (primary N) is 1. The molecule has 0 spiro atoms. The minimum Gasteiger partial charge on any atom is -0.447 e. The van der Waals surface area contributed by atoms with Gasteiger partial charge < -0.3 is 15.0 Å². The molecule has 1 fully saturated rings. The third-order valence-electron chi connectivity index (χ3n) is 6.32. The molecule has 7 nitrogen and oxygen atoms in total. The van der Waals surface area contributed by atoms with Crippen LogP contribution < -0.4 is 16.6 Å². The van der Waals surface area contributed by atoms with E-state index in [1.54, 1.807) is 22.9 Å². The summed E-state index contributed by atoms with van der Waals surface area (Å²) in [5.74, 6) is 0. The molecule has 0 atom stereocenters. The molecule has 0 bridgehead atoms. The van der Waals surface area contributed by atoms with Crippen molar-refractivity contribution in [3.63, 3.8) is 0 Å². The molecule has 0 unspecified atom stereocenters. The molecule has 2 heterocycles. The number of carbonyl (C=O) groups is 1. The molecule has 0 saturated heterocycles. The van der Waals surface area contributed by atoms with Crippen LogP contribution in [0.25, 0.3) is 27.8 Å². The number of hydrogen-bond acceptors (Lipinski definition) is 4. The fraction of sp³-hybridized carbons (Fsp3) is 0.259. The summed E-state index contributed by atoms with van der Waals surface area (Å²) in [5.41, 5.74) is 11.8. The molecule has 1 amide bonds. The maximum atomic E-state index is 12.4. The molecule has 2 aromatic heterocycles. The van der Waals surface area contributed by atoms with E-state index in [4.69, 9.17) is 10.5 Å². The van der Waals surface area contributed by atoms with E-state index in [0.29, 0.717) is 17.4 Å². The van der Waals surface area contributed by atoms with Gasteiger partial charge in [0.05, 0.1) is 28.7 Å². The van der Waals surface area contributed by atoms with Crippen LogP contribution in [-0.4, -0.2) is 21.3 Å². The first-order valence-corrected chi connectivity index (χ1v) is 11.6. The molecule has 2 aromatic carbocycles. The lowest BCUT2D eigenvalue weighted by Crippen LogP contribution is -2.19. The average molecular weight is 457 g/mol. The number of aromatic nitrogens is 2. The van der Waals surface area contributed by atoms with E-state index in [1.807, 2.05) is 62.4 Å². The zero-order chi connectivity index (χ0) is 23.8. The lowest BCUT2D eigenvalue weighted by atomic mass is 9.92. The van der Waals surface area contributed by atoms with E-state index < -0.39 is 6.09 Å². The van der Waals surface area contributed by atoms with Gasteiger partial charge in [0, 0.05) is 34.9 Å². The lowest BCUT2D eigenvalue weighted by Gasteiger charge is -2.30. The van der Waals surface area contributed by atoms with Crippen LogP contribution in [0.2, 0.25) is 0 Å². The smallest absolute Gasteiger partial charge is 0.411 e. The van der Waals surface area contributed by atoms with Gasteiger partial charge in [-0.15, -0.1) is 0 Å². The third kappa shape index (κ3) is 3.94. The van der Waals surface area contributed by atoms with Gasteiger partial charge in [-0.1, -0.05) is 18.2 Å². The van der Waals surface area contributed by atoms with Crippen LogP contribution in [0, 0.1) is 0 Å². The second-order valence-corrected chi connectivity index (χ2v) is 8.98. The van der Waals surface area contributed by atoms with E-state index >= 15 is 0 Å². The van der Waals surface area contributed by atoms with E-state index in [2.05, 4.69) is 9.88 Å². The van der Waals surface area contributed by atoms with Gasteiger partial charge in [0.1, 0.15) is 0 Å². The monoisotopic (exact) mass is 456 g/mol. The number of nitrogens with zero attached hydrogens (tertiary/aromatic N) is 2. The van der Waals surface area contributed by atoms with Crippen molar-refractivity contribution >= 4 is 28.4 Å². The van der Waals surface area contributed by atoms with Crippen LogP contribution in [0.3, 0.4) is 0 Å². The van der Waals surface area contributed by atoms with Crippen molar-refractivity contribution in [2.24, 2.45) is 0 Å². The highest BCUT2D eigenvalue weighted by Crippen LogP contribution is 2.44. The second-order valence-electron chi connectivity index (χ2n) is 8.98.